The van der Waals surface area contributed by atoms with Crippen LogP contribution in [-0.4, -0.2) is 105 Å². The van der Waals surface area contributed by atoms with E-state index in [2.05, 4.69) is 0 Å². The van der Waals surface area contributed by atoms with Crippen LogP contribution in [0.3, 0.4) is 0 Å². The number of nitrogens with two attached hydrogens (primary N) is 1. The summed E-state index contributed by atoms with van der Waals surface area (Å²) in [6.07, 6.45) is 0.324. The Kier molecular flexibility index (Phi) is 7.50. The molecule has 1 amide bonds. The van der Waals surface area contributed by atoms with E-state index in [1.54, 1.807) is 39.2 Å². The molecule has 0 fully saturated rings. The van der Waals surface area contributed by atoms with Crippen LogP contribution < -0.4 is 10.6 Å². The molecule has 0 unspecified atom stereocenters. The molecule has 1 aromatic rings. The summed E-state index contributed by atoms with van der Waals surface area (Å²) in [5.41, 5.74) is 3.02. The third kappa shape index (κ3) is 4.46. The number of carboxylic acid groups (broad SMARTS) is 2. The molecule has 39 heavy (non-hydrogen) atoms. The average Bonchev–Trinajstić information content (AvgIpc) is 2.81. The fraction of sp³-hybridized carbons (Fsp3) is 0.400. The number of benzene rings is 1. The molecule has 0 radical (unpaired) electrons. The molecule has 3 aliphatic carbocycles. The molecular formula is C25H29N3O11. The molecule has 14 nitrogen and oxygen atoms in total. The van der Waals surface area contributed by atoms with Crippen molar-refractivity contribution in [2.24, 2.45) is 17.6 Å². The maximum Gasteiger partial charge on any atom is 0.414 e. The SMILES string of the molecule is CN(C)c1ccc(O)c2c1C[C@H]1C[C@H]3[C@H](N(C)C)C(O)=C(C(N)=O)C(=O)[C@@]3(O)C(O)=C1C2=O.O=C(O)C(=O)O. The zero-order valence-corrected chi connectivity index (χ0v) is 21.5. The van der Waals surface area contributed by atoms with Gasteiger partial charge in [0.2, 0.25) is 5.78 Å². The molecule has 1 aromatic carbocycles. The van der Waals surface area contributed by atoms with Gasteiger partial charge < -0.3 is 41.3 Å². The molecule has 14 heteroatoms. The van der Waals surface area contributed by atoms with Crippen LogP contribution in [0.5, 0.6) is 5.75 Å². The molecule has 0 bridgehead atoms. The van der Waals surface area contributed by atoms with Gasteiger partial charge in [-0.15, -0.1) is 0 Å². The van der Waals surface area contributed by atoms with Gasteiger partial charge in [-0.1, -0.05) is 0 Å². The zero-order valence-electron chi connectivity index (χ0n) is 21.5. The maximum absolute atomic E-state index is 13.5. The Morgan fingerprint density at radius 2 is 1.56 bits per heavy atom. The fourth-order valence-corrected chi connectivity index (χ4v) is 5.65. The topological polar surface area (TPSA) is 239 Å². The Morgan fingerprint density at radius 1 is 1.00 bits per heavy atom. The normalized spacial score (nSPS) is 25.7. The van der Waals surface area contributed by atoms with Crippen molar-refractivity contribution in [3.05, 3.63) is 45.9 Å². The third-order valence-corrected chi connectivity index (χ3v) is 7.25. The Balaban J connectivity index is 0.000000631. The van der Waals surface area contributed by atoms with Crippen molar-refractivity contribution in [2.75, 3.05) is 33.1 Å². The monoisotopic (exact) mass is 547 g/mol. The molecule has 0 aliphatic heterocycles. The number of Topliss-reactive ketones (excluding diaryl/α,β-unsaturated/α-hetero) is 2. The summed E-state index contributed by atoms with van der Waals surface area (Å²) in [5.74, 6) is -10.2. The number of phenols is 1. The number of aromatic hydroxyl groups is 1. The van der Waals surface area contributed by atoms with Crippen molar-refractivity contribution in [1.82, 2.24) is 4.90 Å². The van der Waals surface area contributed by atoms with E-state index < -0.39 is 70.0 Å². The Labute approximate surface area is 221 Å². The van der Waals surface area contributed by atoms with Gasteiger partial charge in [0.05, 0.1) is 11.6 Å². The molecule has 0 spiro atoms. The van der Waals surface area contributed by atoms with Crippen LogP contribution in [0.25, 0.3) is 0 Å². The highest BCUT2D eigenvalue weighted by Crippen LogP contribution is 2.52. The van der Waals surface area contributed by atoms with E-state index in [9.17, 15) is 34.8 Å². The number of anilines is 1. The van der Waals surface area contributed by atoms with Gasteiger partial charge in [-0.25, -0.2) is 9.59 Å². The Morgan fingerprint density at radius 3 is 2.03 bits per heavy atom. The number of allylic oxidation sites excluding steroid dienone is 1. The largest absolute Gasteiger partial charge is 0.510 e. The number of amides is 1. The maximum atomic E-state index is 13.5. The van der Waals surface area contributed by atoms with Crippen molar-refractivity contribution in [1.29, 1.82) is 0 Å². The lowest BCUT2D eigenvalue weighted by Gasteiger charge is -2.50. The lowest BCUT2D eigenvalue weighted by atomic mass is 9.58. The van der Waals surface area contributed by atoms with E-state index in [0.29, 0.717) is 5.56 Å². The number of hydrogen-bond acceptors (Lipinski definition) is 11. The minimum Gasteiger partial charge on any atom is -0.510 e. The molecule has 4 rings (SSSR count). The summed E-state index contributed by atoms with van der Waals surface area (Å²) in [6.45, 7) is 0. The number of primary amides is 1. The van der Waals surface area contributed by atoms with Gasteiger partial charge in [-0.3, -0.25) is 19.3 Å². The molecule has 4 atom stereocenters. The van der Waals surface area contributed by atoms with Crippen LogP contribution in [0.2, 0.25) is 0 Å². The number of hydrogen-bond donors (Lipinski definition) is 7. The van der Waals surface area contributed by atoms with Gasteiger partial charge in [0.15, 0.2) is 11.4 Å². The number of phenolic OH excluding ortho intramolecular Hbond substituents is 1. The summed E-state index contributed by atoms with van der Waals surface area (Å²) < 4.78 is 0. The predicted octanol–water partition coefficient (Wildman–Crippen LogP) is -0.658. The first kappa shape index (κ1) is 29.1. The molecule has 0 aromatic heterocycles. The van der Waals surface area contributed by atoms with E-state index in [1.165, 1.54) is 11.0 Å². The van der Waals surface area contributed by atoms with Gasteiger partial charge >= 0.3 is 11.9 Å². The highest BCUT2D eigenvalue weighted by molar-refractivity contribution is 6.27. The smallest absolute Gasteiger partial charge is 0.414 e. The van der Waals surface area contributed by atoms with Gasteiger partial charge in [-0.05, 0) is 50.6 Å². The number of rotatable bonds is 3. The summed E-state index contributed by atoms with van der Waals surface area (Å²) in [7, 11) is 6.79. The lowest BCUT2D eigenvalue weighted by Crippen LogP contribution is -2.63. The van der Waals surface area contributed by atoms with Gasteiger partial charge in [0, 0.05) is 31.3 Å². The first-order chi connectivity index (χ1) is 18.0. The van der Waals surface area contributed by atoms with Crippen molar-refractivity contribution < 1.29 is 54.6 Å². The van der Waals surface area contributed by atoms with Crippen molar-refractivity contribution >= 4 is 35.1 Å². The second kappa shape index (κ2) is 10.0. The summed E-state index contributed by atoms with van der Waals surface area (Å²) in [5, 5.41) is 58.7. The van der Waals surface area contributed by atoms with Crippen molar-refractivity contribution in [3.63, 3.8) is 0 Å². The van der Waals surface area contributed by atoms with E-state index in [-0.39, 0.29) is 29.7 Å². The highest BCUT2D eigenvalue weighted by atomic mass is 16.4. The van der Waals surface area contributed by atoms with Crippen LogP contribution in [0.4, 0.5) is 5.69 Å². The number of carbonyl (C=O) groups is 5. The van der Waals surface area contributed by atoms with E-state index in [1.807, 2.05) is 0 Å². The highest BCUT2D eigenvalue weighted by Gasteiger charge is 2.63. The van der Waals surface area contributed by atoms with Crippen LogP contribution >= 0.6 is 0 Å². The number of fused-ring (bicyclic) bond motifs is 3. The molecule has 8 N–H and O–H groups in total. The number of nitrogens with zero attached hydrogens (tertiary/aromatic N) is 2. The number of aliphatic carboxylic acids is 2. The Bertz CT molecular complexity index is 1350. The number of carboxylic acids is 2. The van der Waals surface area contributed by atoms with Gasteiger partial charge in [0.1, 0.15) is 22.8 Å². The average molecular weight is 548 g/mol. The fourth-order valence-electron chi connectivity index (χ4n) is 5.65. The summed E-state index contributed by atoms with van der Waals surface area (Å²) >= 11 is 0. The summed E-state index contributed by atoms with van der Waals surface area (Å²) in [4.78, 5) is 60.2. The molecule has 0 saturated carbocycles. The molecular weight excluding hydrogens is 518 g/mol. The van der Waals surface area contributed by atoms with E-state index in [4.69, 9.17) is 25.5 Å². The first-order valence-electron chi connectivity index (χ1n) is 11.6. The summed E-state index contributed by atoms with van der Waals surface area (Å²) in [6, 6.07) is 2.06. The predicted molar refractivity (Wildman–Crippen MR) is 133 cm³/mol. The van der Waals surface area contributed by atoms with Crippen LogP contribution in [0.15, 0.2) is 34.8 Å². The number of ketones is 2. The first-order valence-corrected chi connectivity index (χ1v) is 11.6. The number of aliphatic hydroxyl groups is 3. The lowest BCUT2D eigenvalue weighted by molar-refractivity contribution is -0.159. The molecule has 0 heterocycles. The second-order valence-corrected chi connectivity index (χ2v) is 9.93. The number of likely N-dealkylation sites (N-methyl/N-ethyl adjacent to an activating group) is 1. The minimum atomic E-state index is -2.63. The van der Waals surface area contributed by atoms with Crippen LogP contribution in [0.1, 0.15) is 22.3 Å². The quantitative estimate of drug-likeness (QED) is 0.184. The van der Waals surface area contributed by atoms with Gasteiger partial charge in [-0.2, -0.15) is 0 Å². The standard InChI is InChI=1S/C23H27N3O7.C2H2O4/c1-25(2)12-5-6-13(27)15-10(12)7-9-8-11-17(26(3)4)19(29)16(22(24)32)21(31)23(11,33)20(30)14(9)18(15)28;3-1(4)2(5)6/h5-6,9,11,17,27,29-30,33H,7-8H2,1-4H3,(H2,24,32);(H,3,4)(H,5,6)/t9-,11-,17-,23-;/m0./s1. The Hall–Kier alpha value is -4.43. The second-order valence-electron chi connectivity index (χ2n) is 9.93. The van der Waals surface area contributed by atoms with E-state index >= 15 is 0 Å². The number of carbonyl (C=O) groups excluding carboxylic acids is 3. The third-order valence-electron chi connectivity index (χ3n) is 7.25. The van der Waals surface area contributed by atoms with Crippen LogP contribution in [0, 0.1) is 11.8 Å². The van der Waals surface area contributed by atoms with E-state index in [0.717, 1.165) is 5.69 Å². The van der Waals surface area contributed by atoms with Gasteiger partial charge in [0.25, 0.3) is 5.91 Å². The van der Waals surface area contributed by atoms with Crippen molar-refractivity contribution in [3.8, 4) is 5.75 Å². The molecule has 0 saturated heterocycles. The van der Waals surface area contributed by atoms with Crippen molar-refractivity contribution in [2.45, 2.75) is 24.5 Å². The number of aliphatic hydroxyl groups excluding tert-OH is 2. The minimum absolute atomic E-state index is 0.00184. The molecule has 3 aliphatic rings. The molecule has 210 valence electrons. The zero-order chi connectivity index (χ0) is 29.7. The van der Waals surface area contributed by atoms with Crippen LogP contribution in [-0.2, 0) is 25.6 Å².